The Morgan fingerprint density at radius 2 is 1.87 bits per heavy atom. The minimum absolute atomic E-state index is 0.470. The number of benzene rings is 2. The first kappa shape index (κ1) is 21.9. The Labute approximate surface area is 178 Å². The first-order valence-electron chi connectivity index (χ1n) is 10.5. The molecular weight excluding hydrogens is 380 g/mol. The molecular formula is C23H32N4O3. The van der Waals surface area contributed by atoms with Crippen molar-refractivity contribution in [2.45, 2.75) is 25.4 Å². The quantitative estimate of drug-likeness (QED) is 0.550. The van der Waals surface area contributed by atoms with Gasteiger partial charge < -0.3 is 25.8 Å². The summed E-state index contributed by atoms with van der Waals surface area (Å²) in [6.07, 6.45) is 2.07. The Kier molecular flexibility index (Phi) is 7.93. The van der Waals surface area contributed by atoms with Crippen LogP contribution in [0.15, 0.2) is 48.5 Å². The van der Waals surface area contributed by atoms with Crippen LogP contribution in [0.5, 0.6) is 5.75 Å². The molecule has 3 rings (SSSR count). The highest BCUT2D eigenvalue weighted by molar-refractivity contribution is 5.89. The van der Waals surface area contributed by atoms with Crippen LogP contribution >= 0.6 is 0 Å². The number of carbonyl (C=O) groups excluding carboxylic acids is 1. The third-order valence-corrected chi connectivity index (χ3v) is 5.56. The molecule has 1 atom stereocenters. The molecule has 0 aromatic heterocycles. The molecule has 1 aliphatic rings. The summed E-state index contributed by atoms with van der Waals surface area (Å²) in [5.41, 5.74) is 7.72. The summed E-state index contributed by atoms with van der Waals surface area (Å²) in [5.74, 6) is 0.513. The Bertz CT molecular complexity index is 807. The first-order valence-corrected chi connectivity index (χ1v) is 10.5. The van der Waals surface area contributed by atoms with Crippen molar-refractivity contribution in [3.63, 3.8) is 0 Å². The van der Waals surface area contributed by atoms with Gasteiger partial charge in [0.15, 0.2) is 0 Å². The summed E-state index contributed by atoms with van der Waals surface area (Å²) in [5, 5.41) is 13.1. The number of nitrogens with one attached hydrogen (secondary N) is 1. The van der Waals surface area contributed by atoms with Crippen molar-refractivity contribution < 1.29 is 14.6 Å². The fourth-order valence-electron chi connectivity index (χ4n) is 3.87. The van der Waals surface area contributed by atoms with Crippen molar-refractivity contribution >= 4 is 17.4 Å². The van der Waals surface area contributed by atoms with Gasteiger partial charge in [-0.1, -0.05) is 24.3 Å². The van der Waals surface area contributed by atoms with Gasteiger partial charge in [0.2, 0.25) is 0 Å². The maximum Gasteiger partial charge on any atom is 0.316 e. The molecule has 1 saturated heterocycles. The number of aliphatic hydroxyl groups is 1. The van der Waals surface area contributed by atoms with E-state index in [9.17, 15) is 9.90 Å². The monoisotopic (exact) mass is 412 g/mol. The lowest BCUT2D eigenvalue weighted by atomic mass is 10.0. The number of hydrogen-bond acceptors (Lipinski definition) is 5. The second kappa shape index (κ2) is 10.8. The highest BCUT2D eigenvalue weighted by Crippen LogP contribution is 2.29. The number of unbranched alkanes of at least 4 members (excludes halogenated alkanes) is 1. The number of para-hydroxylation sites is 1. The summed E-state index contributed by atoms with van der Waals surface area (Å²) in [4.78, 5) is 16.1. The largest absolute Gasteiger partial charge is 0.495 e. The normalized spacial score (nSPS) is 15.6. The summed E-state index contributed by atoms with van der Waals surface area (Å²) in [7, 11) is 1.53. The molecule has 162 valence electrons. The molecule has 30 heavy (non-hydrogen) atoms. The van der Waals surface area contributed by atoms with Crippen molar-refractivity contribution in [2.75, 3.05) is 50.1 Å². The maximum absolute atomic E-state index is 11.2. The van der Waals surface area contributed by atoms with Gasteiger partial charge in [-0.3, -0.25) is 4.90 Å². The van der Waals surface area contributed by atoms with Gasteiger partial charge in [0.1, 0.15) is 5.75 Å². The van der Waals surface area contributed by atoms with E-state index in [1.54, 1.807) is 12.1 Å². The van der Waals surface area contributed by atoms with Gasteiger partial charge in [-0.25, -0.2) is 4.79 Å². The Hall–Kier alpha value is -2.77. The number of rotatable bonds is 9. The van der Waals surface area contributed by atoms with Crippen LogP contribution in [0.4, 0.5) is 16.2 Å². The minimum atomic E-state index is -0.660. The zero-order valence-electron chi connectivity index (χ0n) is 17.6. The fraction of sp³-hybridized carbons (Fsp3) is 0.435. The molecule has 4 N–H and O–H groups in total. The molecule has 2 aromatic rings. The maximum atomic E-state index is 11.2. The molecule has 0 radical (unpaired) electrons. The van der Waals surface area contributed by atoms with Crippen LogP contribution in [-0.2, 0) is 0 Å². The van der Waals surface area contributed by atoms with Gasteiger partial charge in [0.05, 0.1) is 18.9 Å². The van der Waals surface area contributed by atoms with Crippen LogP contribution in [-0.4, -0.2) is 55.9 Å². The topological polar surface area (TPSA) is 91.1 Å². The molecule has 0 saturated carbocycles. The lowest BCUT2D eigenvalue weighted by molar-refractivity contribution is 0.160. The van der Waals surface area contributed by atoms with Crippen LogP contribution in [0.25, 0.3) is 0 Å². The van der Waals surface area contributed by atoms with E-state index in [0.29, 0.717) is 17.9 Å². The first-order chi connectivity index (χ1) is 14.6. The highest BCUT2D eigenvalue weighted by atomic mass is 16.5. The SMILES string of the molecule is COc1ccc(C(O)CCCCN2CCN(c3ccccc3)CC2)cc1NC(N)=O. The van der Waals surface area contributed by atoms with Crippen molar-refractivity contribution in [1.29, 1.82) is 0 Å². The molecule has 1 aliphatic heterocycles. The number of nitrogens with zero attached hydrogens (tertiary/aromatic N) is 2. The fourth-order valence-corrected chi connectivity index (χ4v) is 3.87. The third kappa shape index (κ3) is 6.11. The van der Waals surface area contributed by atoms with E-state index in [1.807, 2.05) is 6.07 Å². The molecule has 0 spiro atoms. The van der Waals surface area contributed by atoms with Gasteiger partial charge in [-0.05, 0) is 55.6 Å². The smallest absolute Gasteiger partial charge is 0.316 e. The van der Waals surface area contributed by atoms with Crippen molar-refractivity contribution in [3.05, 3.63) is 54.1 Å². The number of primary amides is 1. The van der Waals surface area contributed by atoms with Gasteiger partial charge in [0, 0.05) is 31.9 Å². The van der Waals surface area contributed by atoms with E-state index in [0.717, 1.165) is 51.1 Å². The molecule has 7 nitrogen and oxygen atoms in total. The predicted octanol–water partition coefficient (Wildman–Crippen LogP) is 3.21. The zero-order valence-corrected chi connectivity index (χ0v) is 17.6. The predicted molar refractivity (Wildman–Crippen MR) is 120 cm³/mol. The van der Waals surface area contributed by atoms with E-state index >= 15 is 0 Å². The summed E-state index contributed by atoms with van der Waals surface area (Å²) < 4.78 is 5.22. The molecule has 7 heteroatoms. The van der Waals surface area contributed by atoms with Crippen molar-refractivity contribution in [3.8, 4) is 5.75 Å². The number of amides is 2. The Morgan fingerprint density at radius 3 is 2.53 bits per heavy atom. The number of anilines is 2. The summed E-state index contributed by atoms with van der Waals surface area (Å²) >= 11 is 0. The van der Waals surface area contributed by atoms with Crippen molar-refractivity contribution in [1.82, 2.24) is 4.90 Å². The van der Waals surface area contributed by atoms with Crippen molar-refractivity contribution in [2.24, 2.45) is 5.73 Å². The summed E-state index contributed by atoms with van der Waals surface area (Å²) in [6.45, 7) is 5.28. The number of piperazine rings is 1. The second-order valence-corrected chi connectivity index (χ2v) is 7.62. The van der Waals surface area contributed by atoms with E-state index in [-0.39, 0.29) is 0 Å². The van der Waals surface area contributed by atoms with Gasteiger partial charge >= 0.3 is 6.03 Å². The van der Waals surface area contributed by atoms with Crippen LogP contribution in [0.3, 0.4) is 0 Å². The molecule has 2 aromatic carbocycles. The van der Waals surface area contributed by atoms with Crippen LogP contribution in [0.1, 0.15) is 30.9 Å². The Balaban J connectivity index is 1.40. The molecule has 0 bridgehead atoms. The number of urea groups is 1. The van der Waals surface area contributed by atoms with Gasteiger partial charge in [-0.2, -0.15) is 0 Å². The van der Waals surface area contributed by atoms with E-state index in [1.165, 1.54) is 12.8 Å². The number of nitrogens with two attached hydrogens (primary N) is 1. The van der Waals surface area contributed by atoms with Gasteiger partial charge in [0.25, 0.3) is 0 Å². The molecule has 2 amide bonds. The molecule has 1 heterocycles. The molecule has 0 aliphatic carbocycles. The minimum Gasteiger partial charge on any atom is -0.495 e. The highest BCUT2D eigenvalue weighted by Gasteiger charge is 2.17. The van der Waals surface area contributed by atoms with Crippen LogP contribution in [0, 0.1) is 0 Å². The Morgan fingerprint density at radius 1 is 1.13 bits per heavy atom. The number of hydrogen-bond donors (Lipinski definition) is 3. The van der Waals surface area contributed by atoms with Gasteiger partial charge in [-0.15, -0.1) is 0 Å². The van der Waals surface area contributed by atoms with Crippen LogP contribution < -0.4 is 20.7 Å². The number of aliphatic hydroxyl groups excluding tert-OH is 1. The average molecular weight is 413 g/mol. The molecule has 1 unspecified atom stereocenters. The van der Waals surface area contributed by atoms with E-state index < -0.39 is 12.1 Å². The average Bonchev–Trinajstić information content (AvgIpc) is 2.77. The summed E-state index contributed by atoms with van der Waals surface area (Å²) in [6, 6.07) is 15.2. The lowest BCUT2D eigenvalue weighted by Gasteiger charge is -2.36. The van der Waals surface area contributed by atoms with E-state index in [2.05, 4.69) is 45.4 Å². The number of ether oxygens (including phenoxy) is 1. The van der Waals surface area contributed by atoms with E-state index in [4.69, 9.17) is 10.5 Å². The lowest BCUT2D eigenvalue weighted by Crippen LogP contribution is -2.46. The zero-order chi connectivity index (χ0) is 21.3. The number of methoxy groups -OCH3 is 1. The second-order valence-electron chi connectivity index (χ2n) is 7.62. The van der Waals surface area contributed by atoms with Crippen LogP contribution in [0.2, 0.25) is 0 Å². The molecule has 1 fully saturated rings. The number of carbonyl (C=O) groups is 1. The standard InChI is InChI=1S/C23H32N4O3/c1-30-22-11-10-18(17-20(22)25-23(24)29)21(28)9-5-6-12-26-13-15-27(16-14-26)19-7-3-2-4-8-19/h2-4,7-8,10-11,17,21,28H,5-6,9,12-16H2,1H3,(H3,24,25,29). The third-order valence-electron chi connectivity index (χ3n) is 5.56.